The summed E-state index contributed by atoms with van der Waals surface area (Å²) in [5, 5.41) is 0. The molecule has 0 aliphatic heterocycles. The molecule has 0 bridgehead atoms. The zero-order valence-corrected chi connectivity index (χ0v) is 21.7. The SMILES string of the molecule is COC(=O)O[C@H]1CC[C@@]2(C)C(=C[C@@H](c3ccc(C)o3)[C@@H]3C2[C@H](OC(=O)OC)C[C@]2(C)C(=O)CC[C@@H]32)C1. The van der Waals surface area contributed by atoms with Crippen molar-refractivity contribution in [1.29, 1.82) is 0 Å². The summed E-state index contributed by atoms with van der Waals surface area (Å²) in [7, 11) is 2.62. The Bertz CT molecular complexity index is 1090. The minimum Gasteiger partial charge on any atom is -0.466 e. The second kappa shape index (κ2) is 8.96. The summed E-state index contributed by atoms with van der Waals surface area (Å²) in [4.78, 5) is 37.5. The van der Waals surface area contributed by atoms with Crippen LogP contribution in [0, 0.1) is 35.5 Å². The zero-order chi connectivity index (χ0) is 25.8. The molecule has 0 N–H and O–H groups in total. The van der Waals surface area contributed by atoms with Gasteiger partial charge < -0.3 is 23.4 Å². The van der Waals surface area contributed by atoms with Crippen molar-refractivity contribution in [2.24, 2.45) is 28.6 Å². The molecule has 8 atom stereocenters. The highest BCUT2D eigenvalue weighted by Gasteiger charge is 2.65. The normalized spacial score (nSPS) is 39.2. The Labute approximate surface area is 211 Å². The van der Waals surface area contributed by atoms with Crippen LogP contribution in [0.5, 0.6) is 0 Å². The summed E-state index contributed by atoms with van der Waals surface area (Å²) in [5.74, 6) is 2.02. The van der Waals surface area contributed by atoms with Crippen molar-refractivity contribution >= 4 is 18.1 Å². The zero-order valence-electron chi connectivity index (χ0n) is 21.7. The van der Waals surface area contributed by atoms with E-state index in [1.54, 1.807) is 0 Å². The number of rotatable bonds is 3. The molecule has 4 aliphatic carbocycles. The first-order valence-electron chi connectivity index (χ1n) is 12.9. The number of carbonyl (C=O) groups excluding carboxylic acids is 3. The van der Waals surface area contributed by atoms with Crippen molar-refractivity contribution in [3.8, 4) is 0 Å². The maximum absolute atomic E-state index is 13.2. The van der Waals surface area contributed by atoms with Crippen LogP contribution in [-0.4, -0.2) is 44.5 Å². The second-order valence-corrected chi connectivity index (χ2v) is 11.4. The van der Waals surface area contributed by atoms with E-state index in [9.17, 15) is 14.4 Å². The van der Waals surface area contributed by atoms with E-state index in [1.807, 2.05) is 26.0 Å². The molecule has 0 amide bonds. The number of allylic oxidation sites excluding steroid dienone is 1. The lowest BCUT2D eigenvalue weighted by Crippen LogP contribution is -2.59. The number of methoxy groups -OCH3 is 2. The van der Waals surface area contributed by atoms with Gasteiger partial charge in [0.2, 0.25) is 0 Å². The second-order valence-electron chi connectivity index (χ2n) is 11.4. The van der Waals surface area contributed by atoms with Crippen molar-refractivity contribution in [3.63, 3.8) is 0 Å². The third-order valence-electron chi connectivity index (χ3n) is 9.67. The maximum atomic E-state index is 13.2. The average Bonchev–Trinajstić information content (AvgIpc) is 3.41. The number of ether oxygens (including phenoxy) is 4. The topological polar surface area (TPSA) is 101 Å². The van der Waals surface area contributed by atoms with Gasteiger partial charge in [-0.25, -0.2) is 9.59 Å². The Balaban J connectivity index is 1.63. The number of hydrogen-bond donors (Lipinski definition) is 0. The number of fused-ring (bicyclic) bond motifs is 5. The first-order valence-corrected chi connectivity index (χ1v) is 12.9. The van der Waals surface area contributed by atoms with Crippen LogP contribution in [0.3, 0.4) is 0 Å². The first-order chi connectivity index (χ1) is 17.1. The predicted molar refractivity (Wildman–Crippen MR) is 128 cm³/mol. The molecule has 0 saturated heterocycles. The lowest BCUT2D eigenvalue weighted by Gasteiger charge is -2.60. The van der Waals surface area contributed by atoms with Crippen LogP contribution in [0.2, 0.25) is 0 Å². The molecule has 196 valence electrons. The molecule has 0 radical (unpaired) electrons. The molecule has 1 aromatic rings. The minimum absolute atomic E-state index is 0.0324. The summed E-state index contributed by atoms with van der Waals surface area (Å²) < 4.78 is 27.3. The minimum atomic E-state index is -0.723. The Hall–Kier alpha value is -2.77. The van der Waals surface area contributed by atoms with E-state index in [1.165, 1.54) is 19.8 Å². The van der Waals surface area contributed by atoms with Gasteiger partial charge in [0.1, 0.15) is 29.5 Å². The van der Waals surface area contributed by atoms with E-state index in [4.69, 9.17) is 23.4 Å². The van der Waals surface area contributed by atoms with E-state index >= 15 is 0 Å². The summed E-state index contributed by atoms with van der Waals surface area (Å²) in [6, 6.07) is 3.98. The highest BCUT2D eigenvalue weighted by atomic mass is 16.7. The molecule has 0 spiro atoms. The van der Waals surface area contributed by atoms with Gasteiger partial charge in [-0.15, -0.1) is 0 Å². The van der Waals surface area contributed by atoms with E-state index < -0.39 is 23.8 Å². The lowest BCUT2D eigenvalue weighted by atomic mass is 9.45. The number of carbonyl (C=O) groups is 3. The molecule has 36 heavy (non-hydrogen) atoms. The van der Waals surface area contributed by atoms with Crippen LogP contribution >= 0.6 is 0 Å². The molecule has 1 heterocycles. The lowest BCUT2D eigenvalue weighted by molar-refractivity contribution is -0.151. The molecular weight excluding hydrogens is 464 g/mol. The third kappa shape index (κ3) is 3.84. The standard InChI is InChI=1S/C28H36O8/c1-15-6-8-20(34-15)18-13-16-12-17(35-25(30)32-4)10-11-27(16,2)24-21(36-26(31)33-5)14-28(3)19(23(18)24)7-9-22(28)29/h6,8,13,17-19,21,23-24H,7,9-12,14H2,1-5H3/t17-,18-,19-,21+,23-,24?,27-,28-/m0/s1. The van der Waals surface area contributed by atoms with Gasteiger partial charge >= 0.3 is 12.3 Å². The van der Waals surface area contributed by atoms with Gasteiger partial charge in [0.15, 0.2) is 0 Å². The largest absolute Gasteiger partial charge is 0.508 e. The fraction of sp³-hybridized carbons (Fsp3) is 0.679. The van der Waals surface area contributed by atoms with Gasteiger partial charge in [-0.1, -0.05) is 25.5 Å². The fourth-order valence-electron chi connectivity index (χ4n) is 7.98. The van der Waals surface area contributed by atoms with Gasteiger partial charge in [-0.2, -0.15) is 0 Å². The van der Waals surface area contributed by atoms with E-state index in [0.29, 0.717) is 25.7 Å². The number of furan rings is 1. The molecule has 3 saturated carbocycles. The van der Waals surface area contributed by atoms with E-state index in [0.717, 1.165) is 24.4 Å². The summed E-state index contributed by atoms with van der Waals surface area (Å²) >= 11 is 0. The highest BCUT2D eigenvalue weighted by Crippen LogP contribution is 2.67. The van der Waals surface area contributed by atoms with Crippen molar-refractivity contribution in [2.75, 3.05) is 14.2 Å². The molecule has 4 aliphatic rings. The van der Waals surface area contributed by atoms with Gasteiger partial charge in [0, 0.05) is 30.1 Å². The van der Waals surface area contributed by atoms with Gasteiger partial charge in [0.05, 0.1) is 14.2 Å². The van der Waals surface area contributed by atoms with Crippen LogP contribution in [0.4, 0.5) is 9.59 Å². The van der Waals surface area contributed by atoms with Gasteiger partial charge in [0.25, 0.3) is 0 Å². The summed E-state index contributed by atoms with van der Waals surface area (Å²) in [6.45, 7) is 6.21. The Morgan fingerprint density at radius 1 is 1.03 bits per heavy atom. The molecule has 3 fully saturated rings. The van der Waals surface area contributed by atoms with Crippen LogP contribution in [0.15, 0.2) is 28.2 Å². The Morgan fingerprint density at radius 3 is 2.42 bits per heavy atom. The van der Waals surface area contributed by atoms with Crippen LogP contribution in [0.25, 0.3) is 0 Å². The molecule has 8 heteroatoms. The molecule has 5 rings (SSSR count). The maximum Gasteiger partial charge on any atom is 0.508 e. The van der Waals surface area contributed by atoms with Crippen molar-refractivity contribution in [3.05, 3.63) is 35.3 Å². The molecular formula is C28H36O8. The average molecular weight is 501 g/mol. The van der Waals surface area contributed by atoms with Gasteiger partial charge in [-0.05, 0) is 62.0 Å². The first kappa shape index (κ1) is 24.9. The van der Waals surface area contributed by atoms with Gasteiger partial charge in [-0.3, -0.25) is 4.79 Å². The highest BCUT2D eigenvalue weighted by molar-refractivity contribution is 5.87. The summed E-state index contributed by atoms with van der Waals surface area (Å²) in [5.41, 5.74) is 0.325. The number of aryl methyl sites for hydroxylation is 1. The Morgan fingerprint density at radius 2 is 1.75 bits per heavy atom. The smallest absolute Gasteiger partial charge is 0.466 e. The third-order valence-corrected chi connectivity index (χ3v) is 9.67. The number of ketones is 1. The molecule has 1 aromatic heterocycles. The van der Waals surface area contributed by atoms with Crippen molar-refractivity contribution < 1.29 is 37.7 Å². The van der Waals surface area contributed by atoms with Crippen LogP contribution in [0.1, 0.15) is 69.8 Å². The van der Waals surface area contributed by atoms with E-state index in [-0.39, 0.29) is 41.0 Å². The molecule has 1 unspecified atom stereocenters. The molecule has 8 nitrogen and oxygen atoms in total. The van der Waals surface area contributed by atoms with Crippen molar-refractivity contribution in [2.45, 2.75) is 77.4 Å². The van der Waals surface area contributed by atoms with Crippen LogP contribution in [-0.2, 0) is 23.7 Å². The van der Waals surface area contributed by atoms with E-state index in [2.05, 4.69) is 13.0 Å². The van der Waals surface area contributed by atoms with Crippen LogP contribution < -0.4 is 0 Å². The predicted octanol–water partition coefficient (Wildman–Crippen LogP) is 5.73. The quantitative estimate of drug-likeness (QED) is 0.383. The number of hydrogen-bond acceptors (Lipinski definition) is 8. The van der Waals surface area contributed by atoms with Crippen molar-refractivity contribution in [1.82, 2.24) is 0 Å². The molecule has 0 aromatic carbocycles. The Kier molecular flexibility index (Phi) is 6.20. The monoisotopic (exact) mass is 500 g/mol. The number of Topliss-reactive ketones (excluding diaryl/α,β-unsaturated/α-hetero) is 1. The fourth-order valence-corrected chi connectivity index (χ4v) is 7.98. The summed E-state index contributed by atoms with van der Waals surface area (Å²) in [6.07, 6.45) is 4.01.